The second-order valence-corrected chi connectivity index (χ2v) is 3.55. The molecule has 0 amide bonds. The van der Waals surface area contributed by atoms with Crippen LogP contribution in [0.15, 0.2) is 36.1 Å². The normalized spacial score (nSPS) is 21.1. The summed E-state index contributed by atoms with van der Waals surface area (Å²) in [6.07, 6.45) is 5.96. The van der Waals surface area contributed by atoms with Crippen LogP contribution >= 0.6 is 0 Å². The van der Waals surface area contributed by atoms with Gasteiger partial charge in [-0.05, 0) is 25.8 Å². The Balaban J connectivity index is 2.37. The molecule has 15 heavy (non-hydrogen) atoms. The summed E-state index contributed by atoms with van der Waals surface area (Å²) in [4.78, 5) is 11.4. The predicted octanol–water partition coefficient (Wildman–Crippen LogP) is 2.35. The number of hydrogen-bond acceptors (Lipinski definition) is 3. The van der Waals surface area contributed by atoms with E-state index in [1.807, 2.05) is 13.0 Å². The topological polar surface area (TPSA) is 38.8 Å². The molecule has 1 heterocycles. The maximum atomic E-state index is 11.4. The average Bonchev–Trinajstić information content (AvgIpc) is 3.05. The molecule has 82 valence electrons. The minimum absolute atomic E-state index is 0.304. The first-order valence-corrected chi connectivity index (χ1v) is 4.92. The Kier molecular flexibility index (Phi) is 4.31. The van der Waals surface area contributed by atoms with E-state index in [0.717, 1.165) is 18.6 Å². The average molecular weight is 208 g/mol. The molecule has 1 unspecified atom stereocenters. The lowest BCUT2D eigenvalue weighted by molar-refractivity contribution is -0.133. The summed E-state index contributed by atoms with van der Waals surface area (Å²) in [5, 5.41) is 0. The van der Waals surface area contributed by atoms with Gasteiger partial charge in [-0.25, -0.2) is 4.79 Å². The van der Waals surface area contributed by atoms with E-state index < -0.39 is 0 Å². The first kappa shape index (κ1) is 11.7. The van der Waals surface area contributed by atoms with Gasteiger partial charge in [-0.2, -0.15) is 0 Å². The van der Waals surface area contributed by atoms with Crippen molar-refractivity contribution in [2.24, 2.45) is 0 Å². The molecule has 0 N–H and O–H groups in total. The fourth-order valence-electron chi connectivity index (χ4n) is 0.883. The van der Waals surface area contributed by atoms with E-state index in [2.05, 4.69) is 6.58 Å². The molecule has 0 saturated carbocycles. The summed E-state index contributed by atoms with van der Waals surface area (Å²) in [6.45, 7) is 7.92. The SMILES string of the molecule is C=C/C(C)=C/OC(=O)/C(C)=C/CC1CO1. The first-order valence-electron chi connectivity index (χ1n) is 4.92. The van der Waals surface area contributed by atoms with Crippen molar-refractivity contribution in [1.29, 1.82) is 0 Å². The van der Waals surface area contributed by atoms with Crippen molar-refractivity contribution in [2.75, 3.05) is 6.61 Å². The first-order chi connectivity index (χ1) is 7.13. The molecule has 0 aromatic heterocycles. The van der Waals surface area contributed by atoms with Gasteiger partial charge >= 0.3 is 5.97 Å². The Morgan fingerprint density at radius 3 is 2.80 bits per heavy atom. The number of allylic oxidation sites excluding steroid dienone is 2. The molecular formula is C12H16O3. The van der Waals surface area contributed by atoms with E-state index in [0.29, 0.717) is 11.7 Å². The highest BCUT2D eigenvalue weighted by Crippen LogP contribution is 2.15. The lowest BCUT2D eigenvalue weighted by Gasteiger charge is -1.99. The van der Waals surface area contributed by atoms with Gasteiger partial charge in [0.05, 0.1) is 19.0 Å². The second-order valence-electron chi connectivity index (χ2n) is 3.55. The van der Waals surface area contributed by atoms with E-state index >= 15 is 0 Å². The van der Waals surface area contributed by atoms with Gasteiger partial charge in [0.1, 0.15) is 0 Å². The number of esters is 1. The van der Waals surface area contributed by atoms with Crippen LogP contribution in [0, 0.1) is 0 Å². The quantitative estimate of drug-likeness (QED) is 0.229. The molecule has 0 aliphatic carbocycles. The lowest BCUT2D eigenvalue weighted by atomic mass is 10.2. The Bertz CT molecular complexity index is 309. The van der Waals surface area contributed by atoms with Crippen LogP contribution in [0.25, 0.3) is 0 Å². The standard InChI is InChI=1S/C12H16O3/c1-4-9(2)7-15-12(13)10(3)5-6-11-8-14-11/h4-5,7,11H,1,6,8H2,2-3H3/b9-7+,10-5+. The minimum Gasteiger partial charge on any atom is -0.431 e. The van der Waals surface area contributed by atoms with Crippen LogP contribution in [-0.2, 0) is 14.3 Å². The Morgan fingerprint density at radius 2 is 2.27 bits per heavy atom. The van der Waals surface area contributed by atoms with Crippen LogP contribution < -0.4 is 0 Å². The van der Waals surface area contributed by atoms with Gasteiger partial charge in [-0.15, -0.1) is 0 Å². The van der Waals surface area contributed by atoms with Gasteiger partial charge in [0.15, 0.2) is 0 Å². The third kappa shape index (κ3) is 4.61. The van der Waals surface area contributed by atoms with Crippen LogP contribution in [0.5, 0.6) is 0 Å². The van der Waals surface area contributed by atoms with E-state index in [9.17, 15) is 4.79 Å². The molecule has 3 nitrogen and oxygen atoms in total. The number of epoxide rings is 1. The zero-order chi connectivity index (χ0) is 11.3. The van der Waals surface area contributed by atoms with Crippen LogP contribution in [0.3, 0.4) is 0 Å². The molecule has 0 aromatic carbocycles. The number of carbonyl (C=O) groups excluding carboxylic acids is 1. The van der Waals surface area contributed by atoms with Crippen molar-refractivity contribution in [2.45, 2.75) is 26.4 Å². The maximum Gasteiger partial charge on any atom is 0.338 e. The predicted molar refractivity (Wildman–Crippen MR) is 58.2 cm³/mol. The molecule has 1 aliphatic rings. The smallest absolute Gasteiger partial charge is 0.338 e. The zero-order valence-corrected chi connectivity index (χ0v) is 9.16. The molecule has 1 saturated heterocycles. The van der Waals surface area contributed by atoms with Crippen molar-refractivity contribution >= 4 is 5.97 Å². The molecule has 0 aromatic rings. The Morgan fingerprint density at radius 1 is 1.60 bits per heavy atom. The zero-order valence-electron chi connectivity index (χ0n) is 9.16. The van der Waals surface area contributed by atoms with Crippen LogP contribution in [0.4, 0.5) is 0 Å². The Hall–Kier alpha value is -1.35. The third-order valence-corrected chi connectivity index (χ3v) is 2.09. The fraction of sp³-hybridized carbons (Fsp3) is 0.417. The number of carbonyl (C=O) groups is 1. The van der Waals surface area contributed by atoms with Gasteiger partial charge in [-0.3, -0.25) is 0 Å². The van der Waals surface area contributed by atoms with Crippen LogP contribution in [0.1, 0.15) is 20.3 Å². The van der Waals surface area contributed by atoms with Crippen LogP contribution in [-0.4, -0.2) is 18.7 Å². The van der Waals surface area contributed by atoms with Gasteiger partial charge < -0.3 is 9.47 Å². The van der Waals surface area contributed by atoms with Gasteiger partial charge in [-0.1, -0.05) is 18.7 Å². The van der Waals surface area contributed by atoms with E-state index in [-0.39, 0.29) is 5.97 Å². The summed E-state index contributed by atoms with van der Waals surface area (Å²) in [6, 6.07) is 0. The number of rotatable bonds is 5. The highest BCUT2D eigenvalue weighted by Gasteiger charge is 2.20. The van der Waals surface area contributed by atoms with Crippen molar-refractivity contribution in [3.05, 3.63) is 36.1 Å². The van der Waals surface area contributed by atoms with E-state index in [1.165, 1.54) is 6.26 Å². The maximum absolute atomic E-state index is 11.4. The summed E-state index contributed by atoms with van der Waals surface area (Å²) < 4.78 is 9.96. The molecule has 1 fully saturated rings. The lowest BCUT2D eigenvalue weighted by Crippen LogP contribution is -2.01. The van der Waals surface area contributed by atoms with Crippen LogP contribution in [0.2, 0.25) is 0 Å². The molecule has 1 atom stereocenters. The molecule has 0 radical (unpaired) electrons. The van der Waals surface area contributed by atoms with Gasteiger partial charge in [0, 0.05) is 5.57 Å². The van der Waals surface area contributed by atoms with Crippen molar-refractivity contribution in [3.63, 3.8) is 0 Å². The van der Waals surface area contributed by atoms with E-state index in [4.69, 9.17) is 9.47 Å². The fourth-order valence-corrected chi connectivity index (χ4v) is 0.883. The second kappa shape index (κ2) is 5.51. The molecule has 0 bridgehead atoms. The third-order valence-electron chi connectivity index (χ3n) is 2.09. The van der Waals surface area contributed by atoms with Gasteiger partial charge in [0.25, 0.3) is 0 Å². The highest BCUT2D eigenvalue weighted by atomic mass is 16.6. The highest BCUT2D eigenvalue weighted by molar-refractivity contribution is 5.88. The summed E-state index contributed by atoms with van der Waals surface area (Å²) in [5.74, 6) is -0.322. The molecule has 0 spiro atoms. The summed E-state index contributed by atoms with van der Waals surface area (Å²) >= 11 is 0. The largest absolute Gasteiger partial charge is 0.431 e. The molecule has 1 aliphatic heterocycles. The minimum atomic E-state index is -0.322. The van der Waals surface area contributed by atoms with E-state index in [1.54, 1.807) is 13.0 Å². The van der Waals surface area contributed by atoms with Gasteiger partial charge in [0.2, 0.25) is 0 Å². The summed E-state index contributed by atoms with van der Waals surface area (Å²) in [7, 11) is 0. The molecule has 1 rings (SSSR count). The van der Waals surface area contributed by atoms with Crippen molar-refractivity contribution < 1.29 is 14.3 Å². The van der Waals surface area contributed by atoms with Crippen molar-refractivity contribution in [3.8, 4) is 0 Å². The van der Waals surface area contributed by atoms with Crippen molar-refractivity contribution in [1.82, 2.24) is 0 Å². The number of ether oxygens (including phenoxy) is 2. The number of hydrogen-bond donors (Lipinski definition) is 0. The molecular weight excluding hydrogens is 192 g/mol. The molecule has 3 heteroatoms. The monoisotopic (exact) mass is 208 g/mol. The Labute approximate surface area is 90.1 Å². The summed E-state index contributed by atoms with van der Waals surface area (Å²) in [5.41, 5.74) is 1.43.